The zero-order valence-corrected chi connectivity index (χ0v) is 10.5. The van der Waals surface area contributed by atoms with Gasteiger partial charge in [0.2, 0.25) is 0 Å². The summed E-state index contributed by atoms with van der Waals surface area (Å²) in [7, 11) is 0. The molecule has 1 aliphatic heterocycles. The zero-order valence-electron chi connectivity index (χ0n) is 10.5. The number of nitroso groups, excluding NO2 is 1. The minimum absolute atomic E-state index is 0.472. The van der Waals surface area contributed by atoms with Crippen molar-refractivity contribution in [2.45, 2.75) is 39.7 Å². The maximum Gasteiger partial charge on any atom is 0.165 e. The number of carbonyl (C=O) groups is 1. The summed E-state index contributed by atoms with van der Waals surface area (Å²) >= 11 is 0. The fraction of sp³-hybridized carbons (Fsp3) is 0.462. The Bertz CT molecular complexity index is 522. The molecular weight excluding hydrogens is 218 g/mol. The van der Waals surface area contributed by atoms with E-state index in [9.17, 15) is 9.70 Å². The Balaban J connectivity index is 2.70. The van der Waals surface area contributed by atoms with Crippen molar-refractivity contribution in [3.8, 4) is 5.75 Å². The standard InChI is InChI=1S/C13H15NO3/c1-7-8(2)12-10(9(3)11(7)14-16)5-13(4,6-15)17-12/h6H,5H2,1-4H3. The van der Waals surface area contributed by atoms with E-state index in [0.29, 0.717) is 12.1 Å². The highest BCUT2D eigenvalue weighted by Gasteiger charge is 2.38. The van der Waals surface area contributed by atoms with E-state index >= 15 is 0 Å². The molecule has 0 amide bonds. The third kappa shape index (κ3) is 1.55. The summed E-state index contributed by atoms with van der Waals surface area (Å²) in [4.78, 5) is 21.9. The summed E-state index contributed by atoms with van der Waals surface area (Å²) in [5.74, 6) is 0.738. The number of nitrogens with zero attached hydrogens (tertiary/aromatic N) is 1. The van der Waals surface area contributed by atoms with Gasteiger partial charge in [-0.15, -0.1) is 4.91 Å². The number of aldehydes is 1. The van der Waals surface area contributed by atoms with Gasteiger partial charge in [-0.25, -0.2) is 0 Å². The molecule has 0 fully saturated rings. The van der Waals surface area contributed by atoms with Crippen LogP contribution in [-0.2, 0) is 11.2 Å². The highest BCUT2D eigenvalue weighted by molar-refractivity contribution is 5.72. The average Bonchev–Trinajstić information content (AvgIpc) is 2.67. The van der Waals surface area contributed by atoms with E-state index in [2.05, 4.69) is 5.18 Å². The molecule has 4 heteroatoms. The number of hydrogen-bond acceptors (Lipinski definition) is 4. The van der Waals surface area contributed by atoms with Crippen LogP contribution in [0.25, 0.3) is 0 Å². The topological polar surface area (TPSA) is 55.7 Å². The minimum Gasteiger partial charge on any atom is -0.479 e. The van der Waals surface area contributed by atoms with E-state index in [0.717, 1.165) is 34.3 Å². The van der Waals surface area contributed by atoms with Gasteiger partial charge in [0.05, 0.1) is 0 Å². The predicted molar refractivity (Wildman–Crippen MR) is 64.9 cm³/mol. The Hall–Kier alpha value is -1.71. The van der Waals surface area contributed by atoms with Crippen LogP contribution in [0.2, 0.25) is 0 Å². The van der Waals surface area contributed by atoms with Crippen molar-refractivity contribution in [1.29, 1.82) is 0 Å². The Morgan fingerprint density at radius 2 is 1.88 bits per heavy atom. The first-order valence-electron chi connectivity index (χ1n) is 5.55. The average molecular weight is 233 g/mol. The lowest BCUT2D eigenvalue weighted by Gasteiger charge is -2.16. The van der Waals surface area contributed by atoms with Crippen molar-refractivity contribution < 1.29 is 9.53 Å². The summed E-state index contributed by atoms with van der Waals surface area (Å²) < 4.78 is 5.72. The fourth-order valence-corrected chi connectivity index (χ4v) is 2.34. The summed E-state index contributed by atoms with van der Waals surface area (Å²) in [6, 6.07) is 0. The number of rotatable bonds is 2. The summed E-state index contributed by atoms with van der Waals surface area (Å²) in [6.45, 7) is 7.34. The summed E-state index contributed by atoms with van der Waals surface area (Å²) in [5, 5.41) is 3.09. The number of hydrogen-bond donors (Lipinski definition) is 0. The minimum atomic E-state index is -0.814. The van der Waals surface area contributed by atoms with Gasteiger partial charge in [0.15, 0.2) is 11.9 Å². The van der Waals surface area contributed by atoms with Crippen molar-refractivity contribution in [3.05, 3.63) is 27.2 Å². The van der Waals surface area contributed by atoms with E-state index in [1.165, 1.54) is 0 Å². The molecule has 0 saturated carbocycles. The van der Waals surface area contributed by atoms with E-state index in [4.69, 9.17) is 4.74 Å². The highest BCUT2D eigenvalue weighted by Crippen LogP contribution is 2.44. The fourth-order valence-electron chi connectivity index (χ4n) is 2.34. The first-order chi connectivity index (χ1) is 7.93. The van der Waals surface area contributed by atoms with Crippen LogP contribution in [-0.4, -0.2) is 11.9 Å². The lowest BCUT2D eigenvalue weighted by molar-refractivity contribution is -0.118. The molecule has 0 spiro atoms. The van der Waals surface area contributed by atoms with Gasteiger partial charge in [0, 0.05) is 12.0 Å². The first kappa shape index (κ1) is 11.8. The van der Waals surface area contributed by atoms with Crippen molar-refractivity contribution in [2.24, 2.45) is 5.18 Å². The van der Waals surface area contributed by atoms with Gasteiger partial charge in [-0.05, 0) is 49.6 Å². The second-order valence-corrected chi connectivity index (χ2v) is 4.83. The van der Waals surface area contributed by atoms with Crippen molar-refractivity contribution in [2.75, 3.05) is 0 Å². The van der Waals surface area contributed by atoms with Crippen molar-refractivity contribution >= 4 is 12.0 Å². The molecule has 0 bridgehead atoms. The second-order valence-electron chi connectivity index (χ2n) is 4.83. The van der Waals surface area contributed by atoms with Crippen LogP contribution in [0.3, 0.4) is 0 Å². The Morgan fingerprint density at radius 3 is 2.41 bits per heavy atom. The van der Waals surface area contributed by atoms with Crippen LogP contribution in [0.15, 0.2) is 5.18 Å². The molecule has 0 N–H and O–H groups in total. The third-order valence-corrected chi connectivity index (χ3v) is 3.54. The molecule has 90 valence electrons. The Kier molecular flexibility index (Phi) is 2.53. The largest absolute Gasteiger partial charge is 0.479 e. The molecule has 0 saturated heterocycles. The van der Waals surface area contributed by atoms with Crippen LogP contribution >= 0.6 is 0 Å². The molecule has 0 radical (unpaired) electrons. The molecule has 1 aliphatic rings. The van der Waals surface area contributed by atoms with Crippen molar-refractivity contribution in [3.63, 3.8) is 0 Å². The molecule has 1 heterocycles. The van der Waals surface area contributed by atoms with Gasteiger partial charge in [0.25, 0.3) is 0 Å². The molecule has 17 heavy (non-hydrogen) atoms. The van der Waals surface area contributed by atoms with E-state index in [1.807, 2.05) is 20.8 Å². The maximum atomic E-state index is 11.0. The van der Waals surface area contributed by atoms with Crippen molar-refractivity contribution in [1.82, 2.24) is 0 Å². The molecule has 1 unspecified atom stereocenters. The molecule has 1 aromatic carbocycles. The lowest BCUT2D eigenvalue weighted by atomic mass is 9.92. The van der Waals surface area contributed by atoms with E-state index < -0.39 is 5.60 Å². The Morgan fingerprint density at radius 1 is 1.24 bits per heavy atom. The van der Waals surface area contributed by atoms with Gasteiger partial charge in [-0.3, -0.25) is 4.79 Å². The maximum absolute atomic E-state index is 11.0. The molecule has 2 rings (SSSR count). The quantitative estimate of drug-likeness (QED) is 0.583. The highest BCUT2D eigenvalue weighted by atomic mass is 16.5. The Labute approximate surface area is 99.9 Å². The van der Waals surface area contributed by atoms with Gasteiger partial charge in [-0.1, -0.05) is 0 Å². The van der Waals surface area contributed by atoms with Crippen LogP contribution < -0.4 is 4.74 Å². The monoisotopic (exact) mass is 233 g/mol. The van der Waals surface area contributed by atoms with Crippen LogP contribution in [0.5, 0.6) is 5.75 Å². The first-order valence-corrected chi connectivity index (χ1v) is 5.55. The van der Waals surface area contributed by atoms with Crippen LogP contribution in [0.1, 0.15) is 29.2 Å². The number of carbonyl (C=O) groups excluding carboxylic acids is 1. The molecule has 0 aliphatic carbocycles. The normalized spacial score (nSPS) is 21.9. The third-order valence-electron chi connectivity index (χ3n) is 3.54. The smallest absolute Gasteiger partial charge is 0.165 e. The van der Waals surface area contributed by atoms with Gasteiger partial charge >= 0.3 is 0 Å². The summed E-state index contributed by atoms with van der Waals surface area (Å²) in [6.07, 6.45) is 1.32. The van der Waals surface area contributed by atoms with E-state index in [-0.39, 0.29) is 0 Å². The molecule has 4 nitrogen and oxygen atoms in total. The zero-order chi connectivity index (χ0) is 12.8. The molecule has 1 aromatic rings. The second kappa shape index (κ2) is 3.65. The van der Waals surface area contributed by atoms with Crippen LogP contribution in [0.4, 0.5) is 5.69 Å². The molecular formula is C13H15NO3. The van der Waals surface area contributed by atoms with E-state index in [1.54, 1.807) is 6.92 Å². The number of fused-ring (bicyclic) bond motifs is 1. The number of ether oxygens (including phenoxy) is 1. The summed E-state index contributed by atoms with van der Waals surface area (Å²) in [5.41, 5.74) is 3.13. The molecule has 0 aromatic heterocycles. The lowest BCUT2D eigenvalue weighted by Crippen LogP contribution is -2.31. The number of benzene rings is 1. The van der Waals surface area contributed by atoms with Gasteiger partial charge in [-0.2, -0.15) is 0 Å². The van der Waals surface area contributed by atoms with Gasteiger partial charge < -0.3 is 4.74 Å². The predicted octanol–water partition coefficient (Wildman–Crippen LogP) is 2.90. The SMILES string of the molecule is Cc1c(C)c2c(c(C)c1N=O)CC(C)(C=O)O2. The van der Waals surface area contributed by atoms with Gasteiger partial charge in [0.1, 0.15) is 11.4 Å². The van der Waals surface area contributed by atoms with Crippen LogP contribution in [0, 0.1) is 25.7 Å². The molecule has 1 atom stereocenters.